The minimum atomic E-state index is -0.331. The predicted octanol–water partition coefficient (Wildman–Crippen LogP) is 2.82. The Morgan fingerprint density at radius 1 is 1.19 bits per heavy atom. The van der Waals surface area contributed by atoms with Gasteiger partial charge in [-0.05, 0) is 30.3 Å². The zero-order chi connectivity index (χ0) is 14.8. The van der Waals surface area contributed by atoms with Crippen molar-refractivity contribution in [1.82, 2.24) is 10.3 Å². The van der Waals surface area contributed by atoms with E-state index in [1.54, 1.807) is 36.4 Å². The van der Waals surface area contributed by atoms with E-state index < -0.39 is 0 Å². The summed E-state index contributed by atoms with van der Waals surface area (Å²) in [5, 5.41) is 3.56. The van der Waals surface area contributed by atoms with Gasteiger partial charge in [-0.2, -0.15) is 0 Å². The predicted molar refractivity (Wildman–Crippen MR) is 80.3 cm³/mol. The van der Waals surface area contributed by atoms with Crippen LogP contribution in [0.2, 0.25) is 0 Å². The van der Waals surface area contributed by atoms with Gasteiger partial charge in [-0.15, -0.1) is 0 Å². The number of rotatable bonds is 3. The molecular formula is C16H14FN3O. The Hall–Kier alpha value is -2.82. The summed E-state index contributed by atoms with van der Waals surface area (Å²) < 4.78 is 13.5. The monoisotopic (exact) mass is 283 g/mol. The Morgan fingerprint density at radius 2 is 2.00 bits per heavy atom. The number of hydrogen-bond donors (Lipinski definition) is 3. The van der Waals surface area contributed by atoms with Crippen molar-refractivity contribution in [2.75, 3.05) is 5.73 Å². The standard InChI is InChI=1S/C16H14FN3O/c17-13-4-2-1-3-10(13)9-19-16(21)15-8-11-7-12(18)5-6-14(11)20-15/h1-8,20H,9,18H2,(H,19,21). The zero-order valence-electron chi connectivity index (χ0n) is 11.2. The number of aromatic amines is 1. The van der Waals surface area contributed by atoms with E-state index in [0.29, 0.717) is 16.9 Å². The molecule has 5 heteroatoms. The lowest BCUT2D eigenvalue weighted by molar-refractivity contribution is 0.0946. The molecule has 4 nitrogen and oxygen atoms in total. The van der Waals surface area contributed by atoms with Crippen LogP contribution in [0.5, 0.6) is 0 Å². The minimum absolute atomic E-state index is 0.142. The number of carbonyl (C=O) groups excluding carboxylic acids is 1. The molecular weight excluding hydrogens is 269 g/mol. The molecule has 1 aromatic heterocycles. The second kappa shape index (κ2) is 5.28. The highest BCUT2D eigenvalue weighted by Gasteiger charge is 2.10. The first-order chi connectivity index (χ1) is 10.1. The molecule has 21 heavy (non-hydrogen) atoms. The topological polar surface area (TPSA) is 70.9 Å². The first kappa shape index (κ1) is 13.2. The molecule has 0 fully saturated rings. The van der Waals surface area contributed by atoms with Crippen LogP contribution < -0.4 is 11.1 Å². The lowest BCUT2D eigenvalue weighted by atomic mass is 10.2. The van der Waals surface area contributed by atoms with E-state index >= 15 is 0 Å². The van der Waals surface area contributed by atoms with Crippen molar-refractivity contribution in [3.8, 4) is 0 Å². The summed E-state index contributed by atoms with van der Waals surface area (Å²) in [6.07, 6.45) is 0. The molecule has 0 bridgehead atoms. The molecule has 1 amide bonds. The number of nitrogen functional groups attached to an aromatic ring is 1. The third-order valence-corrected chi connectivity index (χ3v) is 3.29. The highest BCUT2D eigenvalue weighted by atomic mass is 19.1. The number of nitrogens with two attached hydrogens (primary N) is 1. The van der Waals surface area contributed by atoms with E-state index in [1.807, 2.05) is 6.07 Å². The van der Waals surface area contributed by atoms with Gasteiger partial charge >= 0.3 is 0 Å². The van der Waals surface area contributed by atoms with Crippen molar-refractivity contribution in [3.05, 3.63) is 65.6 Å². The molecule has 3 aromatic rings. The fourth-order valence-electron chi connectivity index (χ4n) is 2.19. The van der Waals surface area contributed by atoms with Crippen molar-refractivity contribution in [2.45, 2.75) is 6.54 Å². The summed E-state index contributed by atoms with van der Waals surface area (Å²) in [5.74, 6) is -0.616. The molecule has 0 aliphatic carbocycles. The van der Waals surface area contributed by atoms with Crippen LogP contribution in [-0.2, 0) is 6.54 Å². The summed E-state index contributed by atoms with van der Waals surface area (Å²) in [6.45, 7) is 0.142. The van der Waals surface area contributed by atoms with E-state index in [4.69, 9.17) is 5.73 Å². The molecule has 0 spiro atoms. The van der Waals surface area contributed by atoms with Crippen molar-refractivity contribution >= 4 is 22.5 Å². The first-order valence-corrected chi connectivity index (χ1v) is 6.53. The minimum Gasteiger partial charge on any atom is -0.399 e. The SMILES string of the molecule is Nc1ccc2[nH]c(C(=O)NCc3ccccc3F)cc2c1. The summed E-state index contributed by atoms with van der Waals surface area (Å²) in [4.78, 5) is 15.1. The fourth-order valence-corrected chi connectivity index (χ4v) is 2.19. The van der Waals surface area contributed by atoms with Gasteiger partial charge in [-0.3, -0.25) is 4.79 Å². The van der Waals surface area contributed by atoms with E-state index in [2.05, 4.69) is 10.3 Å². The Labute approximate surface area is 120 Å². The molecule has 4 N–H and O–H groups in total. The Morgan fingerprint density at radius 3 is 2.81 bits per heavy atom. The van der Waals surface area contributed by atoms with Gasteiger partial charge in [-0.1, -0.05) is 18.2 Å². The van der Waals surface area contributed by atoms with Crippen LogP contribution >= 0.6 is 0 Å². The molecule has 0 radical (unpaired) electrons. The van der Waals surface area contributed by atoms with Crippen LogP contribution in [0.15, 0.2) is 48.5 Å². The second-order valence-electron chi connectivity index (χ2n) is 4.80. The zero-order valence-corrected chi connectivity index (χ0v) is 11.2. The van der Waals surface area contributed by atoms with Gasteiger partial charge in [0.25, 0.3) is 5.91 Å². The number of nitrogens with one attached hydrogen (secondary N) is 2. The van der Waals surface area contributed by atoms with E-state index in [-0.39, 0.29) is 18.3 Å². The van der Waals surface area contributed by atoms with Gasteiger partial charge in [-0.25, -0.2) is 4.39 Å². The van der Waals surface area contributed by atoms with Crippen molar-refractivity contribution in [2.24, 2.45) is 0 Å². The molecule has 3 rings (SSSR count). The molecule has 0 saturated carbocycles. The Bertz CT molecular complexity index is 810. The maximum atomic E-state index is 13.5. The summed E-state index contributed by atoms with van der Waals surface area (Å²) in [6, 6.07) is 13.5. The highest BCUT2D eigenvalue weighted by molar-refractivity contribution is 5.98. The van der Waals surface area contributed by atoms with Crippen molar-refractivity contribution in [3.63, 3.8) is 0 Å². The van der Waals surface area contributed by atoms with Crippen LogP contribution in [0.1, 0.15) is 16.1 Å². The Balaban J connectivity index is 1.76. The van der Waals surface area contributed by atoms with Crippen LogP contribution in [0.25, 0.3) is 10.9 Å². The van der Waals surface area contributed by atoms with Crippen molar-refractivity contribution < 1.29 is 9.18 Å². The largest absolute Gasteiger partial charge is 0.399 e. The summed E-state index contributed by atoms with van der Waals surface area (Å²) in [7, 11) is 0. The Kier molecular flexibility index (Phi) is 3.31. The number of anilines is 1. The molecule has 1 heterocycles. The van der Waals surface area contributed by atoms with E-state index in [1.165, 1.54) is 6.07 Å². The number of hydrogen-bond acceptors (Lipinski definition) is 2. The normalized spacial score (nSPS) is 10.7. The lowest BCUT2D eigenvalue weighted by Crippen LogP contribution is -2.23. The van der Waals surface area contributed by atoms with Crippen LogP contribution in [0.4, 0.5) is 10.1 Å². The molecule has 0 aliphatic rings. The molecule has 2 aromatic carbocycles. The molecule has 0 saturated heterocycles. The third kappa shape index (κ3) is 2.72. The summed E-state index contributed by atoms with van der Waals surface area (Å²) in [5.41, 5.74) is 8.05. The maximum Gasteiger partial charge on any atom is 0.267 e. The number of halogens is 1. The number of amides is 1. The number of fused-ring (bicyclic) bond motifs is 1. The van der Waals surface area contributed by atoms with E-state index in [0.717, 1.165) is 10.9 Å². The average Bonchev–Trinajstić information content (AvgIpc) is 2.89. The van der Waals surface area contributed by atoms with Crippen LogP contribution in [0.3, 0.4) is 0 Å². The number of benzene rings is 2. The second-order valence-corrected chi connectivity index (χ2v) is 4.80. The molecule has 106 valence electrons. The van der Waals surface area contributed by atoms with Gasteiger partial charge in [0.15, 0.2) is 0 Å². The van der Waals surface area contributed by atoms with Crippen LogP contribution in [0, 0.1) is 5.82 Å². The van der Waals surface area contributed by atoms with Crippen molar-refractivity contribution in [1.29, 1.82) is 0 Å². The number of H-pyrrole nitrogens is 1. The highest BCUT2D eigenvalue weighted by Crippen LogP contribution is 2.18. The van der Waals surface area contributed by atoms with Crippen LogP contribution in [-0.4, -0.2) is 10.9 Å². The fraction of sp³-hybridized carbons (Fsp3) is 0.0625. The maximum absolute atomic E-state index is 13.5. The average molecular weight is 283 g/mol. The van der Waals surface area contributed by atoms with Gasteiger partial charge in [0.05, 0.1) is 0 Å². The van der Waals surface area contributed by atoms with Gasteiger partial charge in [0, 0.05) is 28.7 Å². The van der Waals surface area contributed by atoms with Gasteiger partial charge < -0.3 is 16.0 Å². The number of carbonyl (C=O) groups is 1. The first-order valence-electron chi connectivity index (χ1n) is 6.53. The van der Waals surface area contributed by atoms with Gasteiger partial charge in [0.1, 0.15) is 11.5 Å². The number of aromatic nitrogens is 1. The summed E-state index contributed by atoms with van der Waals surface area (Å²) >= 11 is 0. The third-order valence-electron chi connectivity index (χ3n) is 3.29. The quantitative estimate of drug-likeness (QED) is 0.647. The van der Waals surface area contributed by atoms with Gasteiger partial charge in [0.2, 0.25) is 0 Å². The smallest absolute Gasteiger partial charge is 0.267 e. The van der Waals surface area contributed by atoms with E-state index in [9.17, 15) is 9.18 Å². The molecule has 0 aliphatic heterocycles. The molecule has 0 atom stereocenters. The lowest BCUT2D eigenvalue weighted by Gasteiger charge is -2.04. The molecule has 0 unspecified atom stereocenters.